The SMILES string of the molecule is CCn1nnc2cc(C(=O)NC3(C#N)CCCC3)ccc21. The highest BCUT2D eigenvalue weighted by molar-refractivity contribution is 5.97. The van der Waals surface area contributed by atoms with E-state index in [1.807, 2.05) is 13.0 Å². The molecule has 21 heavy (non-hydrogen) atoms. The lowest BCUT2D eigenvalue weighted by Crippen LogP contribution is -2.45. The Labute approximate surface area is 122 Å². The number of rotatable bonds is 3. The summed E-state index contributed by atoms with van der Waals surface area (Å²) in [5.41, 5.74) is 1.42. The number of benzene rings is 1. The van der Waals surface area contributed by atoms with E-state index in [0.717, 1.165) is 37.7 Å². The Morgan fingerprint density at radius 3 is 2.90 bits per heavy atom. The largest absolute Gasteiger partial charge is 0.334 e. The molecule has 6 heteroatoms. The molecule has 0 unspecified atom stereocenters. The van der Waals surface area contributed by atoms with E-state index in [0.29, 0.717) is 11.1 Å². The third-order valence-electron chi connectivity index (χ3n) is 4.10. The van der Waals surface area contributed by atoms with Crippen molar-refractivity contribution in [2.45, 2.75) is 44.7 Å². The van der Waals surface area contributed by atoms with Crippen LogP contribution in [0.5, 0.6) is 0 Å². The number of nitrogens with zero attached hydrogens (tertiary/aromatic N) is 4. The van der Waals surface area contributed by atoms with E-state index in [1.54, 1.807) is 16.8 Å². The van der Waals surface area contributed by atoms with Crippen molar-refractivity contribution in [1.29, 1.82) is 5.26 Å². The molecule has 6 nitrogen and oxygen atoms in total. The number of hydrogen-bond acceptors (Lipinski definition) is 4. The van der Waals surface area contributed by atoms with Crippen molar-refractivity contribution in [3.8, 4) is 6.07 Å². The second kappa shape index (κ2) is 5.17. The summed E-state index contributed by atoms with van der Waals surface area (Å²) in [5, 5.41) is 20.3. The normalized spacial score (nSPS) is 16.8. The highest BCUT2D eigenvalue weighted by atomic mass is 16.1. The van der Waals surface area contributed by atoms with Crippen molar-refractivity contribution in [2.24, 2.45) is 0 Å². The third-order valence-corrected chi connectivity index (χ3v) is 4.10. The van der Waals surface area contributed by atoms with Gasteiger partial charge in [-0.3, -0.25) is 4.79 Å². The molecule has 1 aromatic heterocycles. The fraction of sp³-hybridized carbons (Fsp3) is 0.467. The van der Waals surface area contributed by atoms with Crippen LogP contribution in [-0.4, -0.2) is 26.4 Å². The van der Waals surface area contributed by atoms with Crippen LogP contribution in [-0.2, 0) is 6.54 Å². The number of hydrogen-bond donors (Lipinski definition) is 1. The topological polar surface area (TPSA) is 83.6 Å². The van der Waals surface area contributed by atoms with Crippen LogP contribution >= 0.6 is 0 Å². The quantitative estimate of drug-likeness (QED) is 0.934. The van der Waals surface area contributed by atoms with Crippen molar-refractivity contribution >= 4 is 16.9 Å². The summed E-state index contributed by atoms with van der Waals surface area (Å²) >= 11 is 0. The highest BCUT2D eigenvalue weighted by Gasteiger charge is 2.35. The van der Waals surface area contributed by atoms with Crippen LogP contribution in [0, 0.1) is 11.3 Å². The van der Waals surface area contributed by atoms with Crippen LogP contribution in [0.1, 0.15) is 43.0 Å². The molecule has 0 radical (unpaired) electrons. The molecule has 1 saturated carbocycles. The Kier molecular flexibility index (Phi) is 3.34. The van der Waals surface area contributed by atoms with Crippen molar-refractivity contribution in [3.63, 3.8) is 0 Å². The Balaban J connectivity index is 1.86. The fourth-order valence-electron chi connectivity index (χ4n) is 2.88. The van der Waals surface area contributed by atoms with Crippen molar-refractivity contribution < 1.29 is 4.79 Å². The standard InChI is InChI=1S/C15H17N5O/c1-2-20-13-6-5-11(9-12(13)18-19-20)14(21)17-15(10-16)7-3-4-8-15/h5-6,9H,2-4,7-8H2,1H3,(H,17,21). The number of fused-ring (bicyclic) bond motifs is 1. The molecule has 2 aromatic rings. The van der Waals surface area contributed by atoms with Gasteiger partial charge in [0.1, 0.15) is 11.1 Å². The van der Waals surface area contributed by atoms with Gasteiger partial charge in [-0.25, -0.2) is 4.68 Å². The van der Waals surface area contributed by atoms with Gasteiger partial charge in [0, 0.05) is 12.1 Å². The molecule has 1 aliphatic rings. The monoisotopic (exact) mass is 283 g/mol. The van der Waals surface area contributed by atoms with Gasteiger partial charge >= 0.3 is 0 Å². The first-order valence-corrected chi connectivity index (χ1v) is 7.24. The first-order chi connectivity index (χ1) is 10.2. The van der Waals surface area contributed by atoms with E-state index >= 15 is 0 Å². The summed E-state index contributed by atoms with van der Waals surface area (Å²) in [6.45, 7) is 2.73. The minimum atomic E-state index is -0.701. The van der Waals surface area contributed by atoms with Gasteiger partial charge in [-0.05, 0) is 50.8 Å². The lowest BCUT2D eigenvalue weighted by atomic mass is 9.99. The molecule has 1 fully saturated rings. The van der Waals surface area contributed by atoms with Crippen LogP contribution < -0.4 is 5.32 Å². The van der Waals surface area contributed by atoms with E-state index < -0.39 is 5.54 Å². The predicted octanol–water partition coefficient (Wildman–Crippen LogP) is 2.02. The van der Waals surface area contributed by atoms with E-state index in [-0.39, 0.29) is 5.91 Å². The van der Waals surface area contributed by atoms with Crippen molar-refractivity contribution in [3.05, 3.63) is 23.8 Å². The number of nitrogens with one attached hydrogen (secondary N) is 1. The van der Waals surface area contributed by atoms with Crippen molar-refractivity contribution in [2.75, 3.05) is 0 Å². The Morgan fingerprint density at radius 2 is 2.24 bits per heavy atom. The highest BCUT2D eigenvalue weighted by Crippen LogP contribution is 2.29. The molecule has 3 rings (SSSR count). The van der Waals surface area contributed by atoms with Gasteiger partial charge in [0.2, 0.25) is 0 Å². The van der Waals surface area contributed by atoms with Crippen LogP contribution in [0.3, 0.4) is 0 Å². The molecular weight excluding hydrogens is 266 g/mol. The fourth-order valence-corrected chi connectivity index (χ4v) is 2.88. The second-order valence-electron chi connectivity index (χ2n) is 5.46. The average molecular weight is 283 g/mol. The maximum absolute atomic E-state index is 12.4. The molecule has 1 N–H and O–H groups in total. The number of aromatic nitrogens is 3. The molecular formula is C15H17N5O. The van der Waals surface area contributed by atoms with Gasteiger partial charge in [-0.2, -0.15) is 5.26 Å². The third kappa shape index (κ3) is 2.35. The molecule has 1 amide bonds. The number of nitriles is 1. The molecule has 1 aromatic carbocycles. The maximum Gasteiger partial charge on any atom is 0.252 e. The van der Waals surface area contributed by atoms with Crippen molar-refractivity contribution in [1.82, 2.24) is 20.3 Å². The van der Waals surface area contributed by atoms with Crippen LogP contribution in [0.4, 0.5) is 0 Å². The number of carbonyl (C=O) groups is 1. The Morgan fingerprint density at radius 1 is 1.48 bits per heavy atom. The molecule has 0 bridgehead atoms. The molecule has 0 spiro atoms. The van der Waals surface area contributed by atoms with E-state index in [1.165, 1.54) is 0 Å². The Hall–Kier alpha value is -2.42. The first kappa shape index (κ1) is 13.6. The van der Waals surface area contributed by atoms with Gasteiger partial charge in [-0.15, -0.1) is 5.10 Å². The van der Waals surface area contributed by atoms with Gasteiger partial charge in [0.25, 0.3) is 5.91 Å². The minimum Gasteiger partial charge on any atom is -0.334 e. The smallest absolute Gasteiger partial charge is 0.252 e. The average Bonchev–Trinajstić information content (AvgIpc) is 3.13. The second-order valence-corrected chi connectivity index (χ2v) is 5.46. The number of carbonyl (C=O) groups excluding carboxylic acids is 1. The first-order valence-electron chi connectivity index (χ1n) is 7.24. The van der Waals surface area contributed by atoms with Gasteiger partial charge < -0.3 is 5.32 Å². The molecule has 0 saturated heterocycles. The summed E-state index contributed by atoms with van der Waals surface area (Å²) in [6.07, 6.45) is 3.42. The van der Waals surface area contributed by atoms with Crippen LogP contribution in [0.2, 0.25) is 0 Å². The zero-order valence-corrected chi connectivity index (χ0v) is 12.0. The van der Waals surface area contributed by atoms with Crippen LogP contribution in [0.25, 0.3) is 11.0 Å². The van der Waals surface area contributed by atoms with Gasteiger partial charge in [0.15, 0.2) is 0 Å². The lowest BCUT2D eigenvalue weighted by molar-refractivity contribution is 0.0921. The summed E-state index contributed by atoms with van der Waals surface area (Å²) in [7, 11) is 0. The zero-order chi connectivity index (χ0) is 14.9. The molecule has 1 heterocycles. The van der Waals surface area contributed by atoms with Crippen LogP contribution in [0.15, 0.2) is 18.2 Å². The summed E-state index contributed by atoms with van der Waals surface area (Å²) in [4.78, 5) is 12.4. The minimum absolute atomic E-state index is 0.216. The van der Waals surface area contributed by atoms with E-state index in [2.05, 4.69) is 21.7 Å². The lowest BCUT2D eigenvalue weighted by Gasteiger charge is -2.21. The Bertz CT molecular complexity index is 721. The summed E-state index contributed by atoms with van der Waals surface area (Å²) in [5.74, 6) is -0.216. The molecule has 1 aliphatic carbocycles. The maximum atomic E-state index is 12.4. The van der Waals surface area contributed by atoms with E-state index in [9.17, 15) is 10.1 Å². The molecule has 108 valence electrons. The summed E-state index contributed by atoms with van der Waals surface area (Å²) < 4.78 is 1.78. The summed E-state index contributed by atoms with van der Waals surface area (Å²) in [6, 6.07) is 7.60. The molecule has 0 atom stereocenters. The van der Waals surface area contributed by atoms with Gasteiger partial charge in [-0.1, -0.05) is 5.21 Å². The van der Waals surface area contributed by atoms with Gasteiger partial charge in [0.05, 0.1) is 11.6 Å². The zero-order valence-electron chi connectivity index (χ0n) is 12.0. The number of amides is 1. The number of aryl methyl sites for hydroxylation is 1. The van der Waals surface area contributed by atoms with E-state index in [4.69, 9.17) is 0 Å². The predicted molar refractivity (Wildman–Crippen MR) is 77.5 cm³/mol. The molecule has 0 aliphatic heterocycles.